The summed E-state index contributed by atoms with van der Waals surface area (Å²) in [7, 11) is 11.3. The van der Waals surface area contributed by atoms with Gasteiger partial charge in [-0.15, -0.1) is 0 Å². The van der Waals surface area contributed by atoms with E-state index in [9.17, 15) is 0 Å². The molecule has 212 valence electrons. The van der Waals surface area contributed by atoms with Crippen molar-refractivity contribution in [3.8, 4) is 0 Å². The average molecular weight is 662 g/mol. The summed E-state index contributed by atoms with van der Waals surface area (Å²) < 4.78 is 1.92. The molecule has 1 aromatic heterocycles. The number of pyridine rings is 1. The molecule has 1 fully saturated rings. The zero-order valence-corrected chi connectivity index (χ0v) is 27.7. The molecule has 40 heavy (non-hydrogen) atoms. The van der Waals surface area contributed by atoms with Crippen LogP contribution in [0.3, 0.4) is 0 Å². The Hall–Kier alpha value is -2.52. The third kappa shape index (κ3) is 9.55. The monoisotopic (exact) mass is 661 g/mol. The zero-order valence-electron chi connectivity index (χ0n) is 24.4. The van der Waals surface area contributed by atoms with Crippen LogP contribution >= 0.6 is 19.4 Å². The maximum absolute atomic E-state index is 5.67. The molecule has 0 saturated carbocycles. The van der Waals surface area contributed by atoms with Gasteiger partial charge in [-0.3, -0.25) is 4.98 Å². The number of nitrogens with zero attached hydrogens (tertiary/aromatic N) is 3. The number of rotatable bonds is 3. The van der Waals surface area contributed by atoms with Gasteiger partial charge in [0.1, 0.15) is 0 Å². The van der Waals surface area contributed by atoms with Crippen molar-refractivity contribution >= 4 is 35.4 Å². The van der Waals surface area contributed by atoms with E-state index in [0.717, 1.165) is 24.3 Å². The molecule has 0 amide bonds. The summed E-state index contributed by atoms with van der Waals surface area (Å²) in [6, 6.07) is 24.8. The second kappa shape index (κ2) is 15.5. The van der Waals surface area contributed by atoms with Crippen LogP contribution in [0.25, 0.3) is 0 Å². The van der Waals surface area contributed by atoms with Crippen LogP contribution in [0.5, 0.6) is 0 Å². The molecule has 2 heterocycles. The molecule has 5 rings (SSSR count). The van der Waals surface area contributed by atoms with Crippen LogP contribution in [0.15, 0.2) is 79.0 Å². The summed E-state index contributed by atoms with van der Waals surface area (Å²) in [6.45, 7) is 20.6. The summed E-state index contributed by atoms with van der Waals surface area (Å²) in [4.78, 5) is 8.54. The molecule has 0 unspecified atom stereocenters. The normalized spacial score (nSPS) is 12.7. The van der Waals surface area contributed by atoms with Crippen LogP contribution in [0.1, 0.15) is 44.6 Å². The summed E-state index contributed by atoms with van der Waals surface area (Å²) in [5, 5.41) is 0. The topological polar surface area (TPSA) is 19.4 Å². The summed E-state index contributed by atoms with van der Waals surface area (Å²) in [5.41, 5.74) is 12.8. The van der Waals surface area contributed by atoms with Crippen molar-refractivity contribution in [3.63, 3.8) is 0 Å². The molecule has 1 saturated heterocycles. The Morgan fingerprint density at radius 2 is 1.12 bits per heavy atom. The van der Waals surface area contributed by atoms with E-state index in [-0.39, 0.29) is 0 Å². The third-order valence-electron chi connectivity index (χ3n) is 6.41. The first-order chi connectivity index (χ1) is 19.0. The van der Waals surface area contributed by atoms with E-state index in [1.807, 2.05) is 60.1 Å². The second-order valence-electron chi connectivity index (χ2n) is 10.1. The van der Waals surface area contributed by atoms with Gasteiger partial charge in [0.15, 0.2) is 0 Å². The van der Waals surface area contributed by atoms with Crippen molar-refractivity contribution in [1.82, 2.24) is 4.98 Å². The van der Waals surface area contributed by atoms with Gasteiger partial charge < -0.3 is 9.80 Å². The van der Waals surface area contributed by atoms with Gasteiger partial charge in [0, 0.05) is 36.4 Å². The molecule has 2 radical (unpaired) electrons. The number of hydrogen-bond acceptors (Lipinski definition) is 3. The average Bonchev–Trinajstić information content (AvgIpc) is 3.33. The summed E-state index contributed by atoms with van der Waals surface area (Å²) in [6.07, 6.45) is 1.79. The second-order valence-corrected chi connectivity index (χ2v) is 15.8. The van der Waals surface area contributed by atoms with Crippen molar-refractivity contribution < 1.29 is 13.5 Å². The Kier molecular flexibility index (Phi) is 12.4. The van der Waals surface area contributed by atoms with E-state index < -0.39 is 13.5 Å². The van der Waals surface area contributed by atoms with Gasteiger partial charge in [-0.25, -0.2) is 0 Å². The molecular weight excluding hydrogens is 622 g/mol. The first kappa shape index (κ1) is 32.0. The van der Waals surface area contributed by atoms with E-state index in [2.05, 4.69) is 87.3 Å². The Bertz CT molecular complexity index is 1310. The minimum absolute atomic E-state index is 0.984. The molecule has 1 aliphatic heterocycles. The number of benzene rings is 3. The maximum atomic E-state index is 5.67. The first-order valence-electron chi connectivity index (χ1n) is 13.3. The number of aryl methyl sites for hydroxylation is 7. The Morgan fingerprint density at radius 3 is 1.48 bits per heavy atom. The predicted octanol–water partition coefficient (Wildman–Crippen LogP) is 9.01. The molecule has 4 aromatic rings. The SMILES string of the molecule is Cc1cc(C)c(N2[C]N(c3c(C)cc(C)cc3C)CC2)c(C)c1.Cc1ccccn1.[Cl][Ru]([Cl])=[CH]c1ccccc1. The van der Waals surface area contributed by atoms with Crippen molar-refractivity contribution in [2.45, 2.75) is 48.5 Å². The number of hydrogen-bond donors (Lipinski definition) is 0. The first-order valence-corrected chi connectivity index (χ1v) is 18.8. The zero-order chi connectivity index (χ0) is 29.2. The van der Waals surface area contributed by atoms with E-state index in [4.69, 9.17) is 19.4 Å². The molecule has 0 aliphatic carbocycles. The third-order valence-corrected chi connectivity index (χ3v) is 8.28. The van der Waals surface area contributed by atoms with Crippen LogP contribution in [0, 0.1) is 55.1 Å². The number of anilines is 2. The van der Waals surface area contributed by atoms with E-state index in [0.29, 0.717) is 0 Å². The van der Waals surface area contributed by atoms with E-state index in [1.165, 1.54) is 44.8 Å². The Morgan fingerprint density at radius 1 is 0.675 bits per heavy atom. The van der Waals surface area contributed by atoms with Crippen LogP contribution in [0.4, 0.5) is 11.4 Å². The summed E-state index contributed by atoms with van der Waals surface area (Å²) in [5.74, 6) is 0. The fourth-order valence-electron chi connectivity index (χ4n) is 5.02. The van der Waals surface area contributed by atoms with Gasteiger partial charge in [0.25, 0.3) is 0 Å². The molecule has 1 aliphatic rings. The standard InChI is InChI=1S/C21H26N2.C7H6.C6H7N.2ClH.Ru/c1-14-9-16(3)20(17(4)10-14)22-7-8-23(13-22)21-18(5)11-15(2)12-19(21)6;1-7-5-3-2-4-6-7;1-6-4-2-3-5-7-6;;;/h9-12H,7-8H2,1-6H3;1-6H;2-5H,1H3;2*1H;/q;;;;;+2/p-2. The molecule has 0 N–H and O–H groups in total. The molecule has 0 bridgehead atoms. The fraction of sp³-hybridized carbons (Fsp3) is 0.265. The van der Waals surface area contributed by atoms with Gasteiger partial charge >= 0.3 is 73.4 Å². The van der Waals surface area contributed by atoms with E-state index >= 15 is 0 Å². The van der Waals surface area contributed by atoms with Crippen molar-refractivity contribution in [1.29, 1.82) is 0 Å². The quantitative estimate of drug-likeness (QED) is 0.204. The van der Waals surface area contributed by atoms with Crippen LogP contribution in [-0.2, 0) is 13.5 Å². The molecule has 0 spiro atoms. The fourth-order valence-corrected chi connectivity index (χ4v) is 6.85. The van der Waals surface area contributed by atoms with E-state index in [1.54, 1.807) is 6.20 Å². The van der Waals surface area contributed by atoms with Gasteiger partial charge in [-0.2, -0.15) is 0 Å². The van der Waals surface area contributed by atoms with Gasteiger partial charge in [0.05, 0.1) is 0 Å². The number of halogens is 2. The molecule has 0 atom stereocenters. The molecule has 3 nitrogen and oxygen atoms in total. The van der Waals surface area contributed by atoms with Crippen molar-refractivity contribution in [3.05, 3.63) is 130 Å². The van der Waals surface area contributed by atoms with Gasteiger partial charge in [0.2, 0.25) is 6.67 Å². The predicted molar refractivity (Wildman–Crippen MR) is 172 cm³/mol. The minimum atomic E-state index is -1.61. The van der Waals surface area contributed by atoms with Crippen molar-refractivity contribution in [2.24, 2.45) is 0 Å². The number of aromatic nitrogens is 1. The summed E-state index contributed by atoms with van der Waals surface area (Å²) >= 11 is -1.61. The molecule has 3 aromatic carbocycles. The van der Waals surface area contributed by atoms with Crippen LogP contribution < -0.4 is 9.80 Å². The molecule has 6 heteroatoms. The van der Waals surface area contributed by atoms with Crippen molar-refractivity contribution in [2.75, 3.05) is 22.9 Å². The van der Waals surface area contributed by atoms with Crippen LogP contribution in [-0.4, -0.2) is 22.7 Å². The Balaban J connectivity index is 0.000000212. The molecular formula is C34H39Cl2N3Ru. The van der Waals surface area contributed by atoms with Crippen LogP contribution in [0.2, 0.25) is 0 Å². The van der Waals surface area contributed by atoms with Gasteiger partial charge in [-0.1, -0.05) is 41.5 Å². The van der Waals surface area contributed by atoms with Gasteiger partial charge in [-0.05, 0) is 82.9 Å². The Labute approximate surface area is 254 Å².